The van der Waals surface area contributed by atoms with E-state index in [0.717, 1.165) is 49.2 Å². The molecule has 20 heavy (non-hydrogen) atoms. The molecule has 0 unspecified atom stereocenters. The van der Waals surface area contributed by atoms with Gasteiger partial charge in [0.05, 0.1) is 0 Å². The first kappa shape index (κ1) is 13.0. The van der Waals surface area contributed by atoms with Crippen molar-refractivity contribution in [2.75, 3.05) is 31.1 Å². The second-order valence-corrected chi connectivity index (χ2v) is 5.04. The molecule has 0 aliphatic carbocycles. The third-order valence-corrected chi connectivity index (χ3v) is 3.47. The Labute approximate surface area is 119 Å². The summed E-state index contributed by atoms with van der Waals surface area (Å²) in [5.41, 5.74) is 2.30. The highest BCUT2D eigenvalue weighted by Gasteiger charge is 2.11. The van der Waals surface area contributed by atoms with Gasteiger partial charge in [0.25, 0.3) is 0 Å². The Balaban J connectivity index is 1.85. The topological polar surface area (TPSA) is 53.9 Å². The fourth-order valence-electron chi connectivity index (χ4n) is 2.49. The Morgan fingerprint density at radius 3 is 2.10 bits per heavy atom. The minimum Gasteiger partial charge on any atom is -0.369 e. The predicted molar refractivity (Wildman–Crippen MR) is 79.8 cm³/mol. The molecule has 0 spiro atoms. The third kappa shape index (κ3) is 2.77. The molecule has 1 aromatic carbocycles. The number of aromatic nitrogens is 3. The van der Waals surface area contributed by atoms with Gasteiger partial charge < -0.3 is 10.2 Å². The van der Waals surface area contributed by atoms with Gasteiger partial charge in [-0.1, -0.05) is 0 Å². The van der Waals surface area contributed by atoms with Crippen LogP contribution in [0.15, 0.2) is 24.3 Å². The van der Waals surface area contributed by atoms with Crippen molar-refractivity contribution < 1.29 is 0 Å². The van der Waals surface area contributed by atoms with Gasteiger partial charge in [-0.15, -0.1) is 0 Å². The van der Waals surface area contributed by atoms with E-state index in [9.17, 15) is 0 Å². The summed E-state index contributed by atoms with van der Waals surface area (Å²) >= 11 is 0. The van der Waals surface area contributed by atoms with E-state index in [4.69, 9.17) is 0 Å². The van der Waals surface area contributed by atoms with Gasteiger partial charge in [0, 0.05) is 37.4 Å². The van der Waals surface area contributed by atoms with Crippen LogP contribution in [0.5, 0.6) is 0 Å². The van der Waals surface area contributed by atoms with E-state index in [1.54, 1.807) is 0 Å². The lowest BCUT2D eigenvalue weighted by Gasteiger charge is -2.29. The van der Waals surface area contributed by atoms with Crippen LogP contribution in [0.3, 0.4) is 0 Å². The van der Waals surface area contributed by atoms with Crippen molar-refractivity contribution in [3.63, 3.8) is 0 Å². The van der Waals surface area contributed by atoms with E-state index in [2.05, 4.69) is 49.4 Å². The first-order valence-electron chi connectivity index (χ1n) is 6.98. The molecule has 1 fully saturated rings. The SMILES string of the molecule is Cc1nc(C)nc(-c2ccc(N3CCNCC3)cc2)n1. The van der Waals surface area contributed by atoms with Gasteiger partial charge in [-0.2, -0.15) is 0 Å². The number of hydrogen-bond donors (Lipinski definition) is 1. The third-order valence-electron chi connectivity index (χ3n) is 3.47. The van der Waals surface area contributed by atoms with E-state index >= 15 is 0 Å². The van der Waals surface area contributed by atoms with E-state index in [1.165, 1.54) is 5.69 Å². The summed E-state index contributed by atoms with van der Waals surface area (Å²) in [5.74, 6) is 2.28. The normalized spacial score (nSPS) is 15.4. The highest BCUT2D eigenvalue weighted by atomic mass is 15.2. The number of nitrogens with zero attached hydrogens (tertiary/aromatic N) is 4. The highest BCUT2D eigenvalue weighted by molar-refractivity contribution is 5.60. The zero-order valence-electron chi connectivity index (χ0n) is 11.9. The molecule has 5 nitrogen and oxygen atoms in total. The Bertz CT molecular complexity index is 567. The Morgan fingerprint density at radius 2 is 1.50 bits per heavy atom. The minimum atomic E-state index is 0.752. The average molecular weight is 269 g/mol. The van der Waals surface area contributed by atoms with Crippen LogP contribution in [0, 0.1) is 13.8 Å². The summed E-state index contributed by atoms with van der Waals surface area (Å²) in [7, 11) is 0. The molecule has 2 aromatic rings. The van der Waals surface area contributed by atoms with Crippen LogP contribution in [0.25, 0.3) is 11.4 Å². The van der Waals surface area contributed by atoms with Crippen molar-refractivity contribution in [2.24, 2.45) is 0 Å². The number of hydrogen-bond acceptors (Lipinski definition) is 5. The van der Waals surface area contributed by atoms with Crippen molar-refractivity contribution in [3.8, 4) is 11.4 Å². The number of piperazine rings is 1. The predicted octanol–water partition coefficient (Wildman–Crippen LogP) is 1.57. The molecule has 1 N–H and O–H groups in total. The zero-order valence-corrected chi connectivity index (χ0v) is 11.9. The second kappa shape index (κ2) is 5.54. The van der Waals surface area contributed by atoms with Crippen molar-refractivity contribution >= 4 is 5.69 Å². The molecule has 0 atom stereocenters. The van der Waals surface area contributed by atoms with E-state index in [-0.39, 0.29) is 0 Å². The zero-order chi connectivity index (χ0) is 13.9. The van der Waals surface area contributed by atoms with Crippen LogP contribution in [-0.2, 0) is 0 Å². The molecule has 5 heteroatoms. The molecule has 0 bridgehead atoms. The van der Waals surface area contributed by atoms with Crippen molar-refractivity contribution in [2.45, 2.75) is 13.8 Å². The van der Waals surface area contributed by atoms with Gasteiger partial charge >= 0.3 is 0 Å². The Morgan fingerprint density at radius 1 is 0.900 bits per heavy atom. The maximum atomic E-state index is 4.40. The first-order chi connectivity index (χ1) is 9.72. The smallest absolute Gasteiger partial charge is 0.163 e. The summed E-state index contributed by atoms with van der Waals surface area (Å²) in [6.07, 6.45) is 0. The molecule has 0 radical (unpaired) electrons. The number of nitrogens with one attached hydrogen (secondary N) is 1. The molecule has 0 saturated carbocycles. The number of rotatable bonds is 2. The fourth-order valence-corrected chi connectivity index (χ4v) is 2.49. The van der Waals surface area contributed by atoms with Crippen LogP contribution in [0.4, 0.5) is 5.69 Å². The summed E-state index contributed by atoms with van der Waals surface area (Å²) in [5, 5.41) is 3.37. The average Bonchev–Trinajstić information content (AvgIpc) is 2.47. The van der Waals surface area contributed by atoms with Crippen molar-refractivity contribution in [1.29, 1.82) is 0 Å². The number of aryl methyl sites for hydroxylation is 2. The molecule has 1 aliphatic rings. The van der Waals surface area contributed by atoms with Crippen molar-refractivity contribution in [3.05, 3.63) is 35.9 Å². The van der Waals surface area contributed by atoms with Crippen LogP contribution in [0.2, 0.25) is 0 Å². The molecule has 0 amide bonds. The van der Waals surface area contributed by atoms with E-state index < -0.39 is 0 Å². The van der Waals surface area contributed by atoms with Crippen LogP contribution < -0.4 is 10.2 Å². The number of anilines is 1. The number of benzene rings is 1. The standard InChI is InChI=1S/C15H19N5/c1-11-17-12(2)19-15(18-11)13-3-5-14(6-4-13)20-9-7-16-8-10-20/h3-6,16H,7-10H2,1-2H3. The van der Waals surface area contributed by atoms with Gasteiger partial charge in [0.15, 0.2) is 5.82 Å². The summed E-state index contributed by atoms with van der Waals surface area (Å²) in [4.78, 5) is 15.4. The van der Waals surface area contributed by atoms with Gasteiger partial charge in [-0.3, -0.25) is 0 Å². The lowest BCUT2D eigenvalue weighted by atomic mass is 10.1. The van der Waals surface area contributed by atoms with Gasteiger partial charge in [-0.25, -0.2) is 15.0 Å². The van der Waals surface area contributed by atoms with Gasteiger partial charge in [0.1, 0.15) is 11.6 Å². The molecule has 1 aromatic heterocycles. The fraction of sp³-hybridized carbons (Fsp3) is 0.400. The monoisotopic (exact) mass is 269 g/mol. The van der Waals surface area contributed by atoms with E-state index in [1.807, 2.05) is 13.8 Å². The van der Waals surface area contributed by atoms with E-state index in [0.29, 0.717) is 0 Å². The quantitative estimate of drug-likeness (QED) is 0.896. The summed E-state index contributed by atoms with van der Waals surface area (Å²) in [6.45, 7) is 8.01. The molecule has 1 aliphatic heterocycles. The summed E-state index contributed by atoms with van der Waals surface area (Å²) < 4.78 is 0. The molecule has 3 rings (SSSR count). The minimum absolute atomic E-state index is 0.752. The van der Waals surface area contributed by atoms with Crippen LogP contribution >= 0.6 is 0 Å². The molecule has 1 saturated heterocycles. The Hall–Kier alpha value is -2.01. The van der Waals surface area contributed by atoms with Crippen LogP contribution in [0.1, 0.15) is 11.6 Å². The second-order valence-electron chi connectivity index (χ2n) is 5.04. The largest absolute Gasteiger partial charge is 0.369 e. The summed E-state index contributed by atoms with van der Waals surface area (Å²) in [6, 6.07) is 8.47. The molecular formula is C15H19N5. The molecular weight excluding hydrogens is 250 g/mol. The first-order valence-corrected chi connectivity index (χ1v) is 6.98. The maximum absolute atomic E-state index is 4.40. The van der Waals surface area contributed by atoms with Gasteiger partial charge in [0.2, 0.25) is 0 Å². The van der Waals surface area contributed by atoms with Crippen LogP contribution in [-0.4, -0.2) is 41.1 Å². The van der Waals surface area contributed by atoms with Gasteiger partial charge in [-0.05, 0) is 38.1 Å². The highest BCUT2D eigenvalue weighted by Crippen LogP contribution is 2.21. The lowest BCUT2D eigenvalue weighted by molar-refractivity contribution is 0.589. The Kier molecular flexibility index (Phi) is 3.60. The van der Waals surface area contributed by atoms with Crippen molar-refractivity contribution in [1.82, 2.24) is 20.3 Å². The molecule has 104 valence electrons. The maximum Gasteiger partial charge on any atom is 0.163 e. The lowest BCUT2D eigenvalue weighted by Crippen LogP contribution is -2.43. The molecule has 2 heterocycles.